The summed E-state index contributed by atoms with van der Waals surface area (Å²) < 4.78 is 10.2. The van der Waals surface area contributed by atoms with Crippen LogP contribution in [0, 0.1) is 6.92 Å². The first kappa shape index (κ1) is 13.4. The lowest BCUT2D eigenvalue weighted by Gasteiger charge is -2.15. The molecule has 0 saturated carbocycles. The molecular formula is C15H17NO3. The van der Waals surface area contributed by atoms with Crippen molar-refractivity contribution in [2.24, 2.45) is 0 Å². The number of rotatable bonds is 4. The van der Waals surface area contributed by atoms with E-state index in [2.05, 4.69) is 4.98 Å². The number of methoxy groups -OCH3 is 2. The SMILES string of the molecule is COc1ccc(C(O)c2ccc(OC)nc2)c(C)c1. The number of aromatic nitrogens is 1. The molecule has 2 aromatic rings. The summed E-state index contributed by atoms with van der Waals surface area (Å²) in [6.07, 6.45) is 0.914. The molecule has 19 heavy (non-hydrogen) atoms. The van der Waals surface area contributed by atoms with Gasteiger partial charge in [-0.3, -0.25) is 0 Å². The quantitative estimate of drug-likeness (QED) is 0.916. The lowest BCUT2D eigenvalue weighted by atomic mass is 9.98. The summed E-state index contributed by atoms with van der Waals surface area (Å²) in [5.41, 5.74) is 2.55. The number of pyridine rings is 1. The van der Waals surface area contributed by atoms with E-state index in [0.717, 1.165) is 22.4 Å². The molecule has 0 spiro atoms. The second-order valence-electron chi connectivity index (χ2n) is 4.26. The van der Waals surface area contributed by atoms with Gasteiger partial charge in [0.15, 0.2) is 0 Å². The van der Waals surface area contributed by atoms with Crippen molar-refractivity contribution in [3.05, 3.63) is 53.2 Å². The Labute approximate surface area is 112 Å². The highest BCUT2D eigenvalue weighted by atomic mass is 16.5. The summed E-state index contributed by atoms with van der Waals surface area (Å²) >= 11 is 0. The zero-order valence-electron chi connectivity index (χ0n) is 11.3. The first-order chi connectivity index (χ1) is 9.15. The van der Waals surface area contributed by atoms with Crippen LogP contribution in [-0.4, -0.2) is 24.3 Å². The zero-order valence-corrected chi connectivity index (χ0v) is 11.3. The number of ether oxygens (including phenoxy) is 2. The molecule has 0 saturated heterocycles. The summed E-state index contributed by atoms with van der Waals surface area (Å²) in [7, 11) is 3.18. The first-order valence-electron chi connectivity index (χ1n) is 5.98. The normalized spacial score (nSPS) is 12.0. The maximum Gasteiger partial charge on any atom is 0.212 e. The highest BCUT2D eigenvalue weighted by molar-refractivity contribution is 5.39. The fourth-order valence-corrected chi connectivity index (χ4v) is 1.94. The number of aliphatic hydroxyl groups excluding tert-OH is 1. The van der Waals surface area contributed by atoms with Crippen LogP contribution < -0.4 is 9.47 Å². The molecule has 0 amide bonds. The number of aliphatic hydroxyl groups is 1. The Morgan fingerprint density at radius 2 is 1.89 bits per heavy atom. The van der Waals surface area contributed by atoms with Gasteiger partial charge < -0.3 is 14.6 Å². The van der Waals surface area contributed by atoms with E-state index in [1.807, 2.05) is 25.1 Å². The van der Waals surface area contributed by atoms with Gasteiger partial charge in [-0.15, -0.1) is 0 Å². The summed E-state index contributed by atoms with van der Waals surface area (Å²) in [6, 6.07) is 9.14. The second kappa shape index (κ2) is 5.71. The zero-order chi connectivity index (χ0) is 13.8. The smallest absolute Gasteiger partial charge is 0.212 e. The van der Waals surface area contributed by atoms with Crippen molar-refractivity contribution in [2.75, 3.05) is 14.2 Å². The average Bonchev–Trinajstić information content (AvgIpc) is 2.46. The van der Waals surface area contributed by atoms with Gasteiger partial charge in [0.05, 0.1) is 14.2 Å². The highest BCUT2D eigenvalue weighted by Gasteiger charge is 2.14. The Balaban J connectivity index is 2.29. The Kier molecular flexibility index (Phi) is 4.02. The van der Waals surface area contributed by atoms with Crippen LogP contribution in [0.4, 0.5) is 0 Å². The molecule has 4 nitrogen and oxygen atoms in total. The lowest BCUT2D eigenvalue weighted by Crippen LogP contribution is -2.03. The Morgan fingerprint density at radius 1 is 1.11 bits per heavy atom. The minimum absolute atomic E-state index is 0.530. The number of hydrogen-bond acceptors (Lipinski definition) is 4. The average molecular weight is 259 g/mol. The van der Waals surface area contributed by atoms with Crippen LogP contribution in [0.3, 0.4) is 0 Å². The fraction of sp³-hybridized carbons (Fsp3) is 0.267. The minimum atomic E-state index is -0.704. The number of hydrogen-bond donors (Lipinski definition) is 1. The van der Waals surface area contributed by atoms with E-state index in [0.29, 0.717) is 5.88 Å². The fourth-order valence-electron chi connectivity index (χ4n) is 1.94. The number of nitrogens with zero attached hydrogens (tertiary/aromatic N) is 1. The van der Waals surface area contributed by atoms with Crippen molar-refractivity contribution in [3.63, 3.8) is 0 Å². The minimum Gasteiger partial charge on any atom is -0.497 e. The largest absolute Gasteiger partial charge is 0.497 e. The number of benzene rings is 1. The Hall–Kier alpha value is -2.07. The van der Waals surface area contributed by atoms with Gasteiger partial charge in [-0.1, -0.05) is 6.07 Å². The topological polar surface area (TPSA) is 51.6 Å². The summed E-state index contributed by atoms with van der Waals surface area (Å²) in [5, 5.41) is 10.4. The Bertz CT molecular complexity index is 552. The van der Waals surface area contributed by atoms with Crippen LogP contribution in [0.5, 0.6) is 11.6 Å². The third-order valence-electron chi connectivity index (χ3n) is 3.06. The predicted octanol–water partition coefficient (Wildman–Crippen LogP) is 2.49. The molecule has 1 N–H and O–H groups in total. The van der Waals surface area contributed by atoms with Crippen LogP contribution in [0.15, 0.2) is 36.5 Å². The standard InChI is InChI=1S/C15H17NO3/c1-10-8-12(18-2)5-6-13(10)15(17)11-4-7-14(19-3)16-9-11/h4-9,15,17H,1-3H3. The Morgan fingerprint density at radius 3 is 2.42 bits per heavy atom. The maximum atomic E-state index is 10.4. The van der Waals surface area contributed by atoms with E-state index in [1.54, 1.807) is 32.5 Å². The molecule has 1 unspecified atom stereocenters. The van der Waals surface area contributed by atoms with Crippen LogP contribution in [0.25, 0.3) is 0 Å². The van der Waals surface area contributed by atoms with Crippen molar-refractivity contribution in [1.82, 2.24) is 4.98 Å². The molecular weight excluding hydrogens is 242 g/mol. The van der Waals surface area contributed by atoms with Crippen molar-refractivity contribution >= 4 is 0 Å². The van der Waals surface area contributed by atoms with Gasteiger partial charge in [-0.2, -0.15) is 0 Å². The van der Waals surface area contributed by atoms with E-state index in [1.165, 1.54) is 0 Å². The molecule has 1 aromatic heterocycles. The van der Waals surface area contributed by atoms with E-state index >= 15 is 0 Å². The molecule has 0 bridgehead atoms. The van der Waals surface area contributed by atoms with Gasteiger partial charge in [0.2, 0.25) is 5.88 Å². The summed E-state index contributed by atoms with van der Waals surface area (Å²) in [4.78, 5) is 4.10. The summed E-state index contributed by atoms with van der Waals surface area (Å²) in [6.45, 7) is 1.94. The van der Waals surface area contributed by atoms with E-state index < -0.39 is 6.10 Å². The first-order valence-corrected chi connectivity index (χ1v) is 5.98. The van der Waals surface area contributed by atoms with Gasteiger partial charge in [-0.05, 0) is 36.2 Å². The third kappa shape index (κ3) is 2.85. The van der Waals surface area contributed by atoms with Crippen molar-refractivity contribution < 1.29 is 14.6 Å². The van der Waals surface area contributed by atoms with Gasteiger partial charge in [0.1, 0.15) is 11.9 Å². The molecule has 1 atom stereocenters. The molecule has 0 radical (unpaired) electrons. The maximum absolute atomic E-state index is 10.4. The molecule has 0 fully saturated rings. The monoisotopic (exact) mass is 259 g/mol. The molecule has 0 aliphatic heterocycles. The van der Waals surface area contributed by atoms with Crippen LogP contribution in [0.1, 0.15) is 22.8 Å². The second-order valence-corrected chi connectivity index (χ2v) is 4.26. The van der Waals surface area contributed by atoms with Crippen molar-refractivity contribution in [3.8, 4) is 11.6 Å². The molecule has 2 rings (SSSR count). The van der Waals surface area contributed by atoms with Crippen LogP contribution >= 0.6 is 0 Å². The molecule has 1 heterocycles. The predicted molar refractivity (Wildman–Crippen MR) is 72.6 cm³/mol. The lowest BCUT2D eigenvalue weighted by molar-refractivity contribution is 0.218. The van der Waals surface area contributed by atoms with Gasteiger partial charge in [0.25, 0.3) is 0 Å². The number of aryl methyl sites for hydroxylation is 1. The summed E-state index contributed by atoms with van der Waals surface area (Å²) in [5.74, 6) is 1.31. The molecule has 1 aromatic carbocycles. The van der Waals surface area contributed by atoms with E-state index in [9.17, 15) is 5.11 Å². The molecule has 4 heteroatoms. The van der Waals surface area contributed by atoms with Crippen LogP contribution in [0.2, 0.25) is 0 Å². The van der Waals surface area contributed by atoms with Crippen molar-refractivity contribution in [1.29, 1.82) is 0 Å². The van der Waals surface area contributed by atoms with Crippen molar-refractivity contribution in [2.45, 2.75) is 13.0 Å². The van der Waals surface area contributed by atoms with Crippen LogP contribution in [-0.2, 0) is 0 Å². The van der Waals surface area contributed by atoms with Gasteiger partial charge >= 0.3 is 0 Å². The molecule has 100 valence electrons. The van der Waals surface area contributed by atoms with Gasteiger partial charge in [0, 0.05) is 17.8 Å². The van der Waals surface area contributed by atoms with E-state index in [-0.39, 0.29) is 0 Å². The van der Waals surface area contributed by atoms with Gasteiger partial charge in [-0.25, -0.2) is 4.98 Å². The third-order valence-corrected chi connectivity index (χ3v) is 3.06. The molecule has 0 aliphatic rings. The highest BCUT2D eigenvalue weighted by Crippen LogP contribution is 2.27. The molecule has 0 aliphatic carbocycles. The van der Waals surface area contributed by atoms with E-state index in [4.69, 9.17) is 9.47 Å².